The molecule has 0 unspecified atom stereocenters. The van der Waals surface area contributed by atoms with E-state index in [1.807, 2.05) is 55.6 Å². The monoisotopic (exact) mass is 830 g/mol. The highest BCUT2D eigenvalue weighted by molar-refractivity contribution is 8.00. The zero-order chi connectivity index (χ0) is 40.6. The van der Waals surface area contributed by atoms with Gasteiger partial charge in [0.2, 0.25) is 5.78 Å². The number of carbonyl (C=O) groups excluding carboxylic acids is 1. The molecular weight excluding hydrogens is 797 g/mol. The number of fused-ring (bicyclic) bond motifs is 4. The molecule has 0 saturated carbocycles. The van der Waals surface area contributed by atoms with E-state index in [2.05, 4.69) is 66.3 Å². The standard InChI is InChI=1S/C43H34N12O3S2/c1-57-25-54-31-21-27(7-9-33(31)59-42-40(54)46-13-15-50-42)23-52-19-17-48-38(52)29-5-3-11-44-35(29)37(56)36-30(6-4-12-45-36)39-49-18-20-53(39)24-28-8-10-34-32(22-28)55(26-58-2)41-43(60-34)51-16-14-47-41/h3-22H,23-26H2,1-2H3. The minimum atomic E-state index is -0.341. The van der Waals surface area contributed by atoms with Gasteiger partial charge in [-0.3, -0.25) is 24.6 Å². The molecule has 6 aromatic heterocycles. The molecule has 2 aromatic carbocycles. The molecular formula is C43H34N12O3S2. The predicted molar refractivity (Wildman–Crippen MR) is 226 cm³/mol. The van der Waals surface area contributed by atoms with Gasteiger partial charge < -0.3 is 18.6 Å². The van der Waals surface area contributed by atoms with Crippen LogP contribution in [-0.4, -0.2) is 82.5 Å². The van der Waals surface area contributed by atoms with Gasteiger partial charge in [0.05, 0.1) is 11.4 Å². The number of hydrogen-bond donors (Lipinski definition) is 0. The van der Waals surface area contributed by atoms with Gasteiger partial charge in [-0.1, -0.05) is 35.7 Å². The third-order valence-electron chi connectivity index (χ3n) is 10.0. The molecule has 0 saturated heterocycles. The first-order valence-electron chi connectivity index (χ1n) is 18.8. The Kier molecular flexibility index (Phi) is 10.1. The van der Waals surface area contributed by atoms with Crippen LogP contribution in [0.3, 0.4) is 0 Å². The quantitative estimate of drug-likeness (QED) is 0.111. The molecule has 15 nitrogen and oxygen atoms in total. The van der Waals surface area contributed by atoms with E-state index < -0.39 is 0 Å². The van der Waals surface area contributed by atoms with Crippen molar-refractivity contribution in [2.75, 3.05) is 37.5 Å². The smallest absolute Gasteiger partial charge is 0.231 e. The van der Waals surface area contributed by atoms with E-state index in [-0.39, 0.29) is 17.2 Å². The average Bonchev–Trinajstić information content (AvgIpc) is 3.96. The van der Waals surface area contributed by atoms with Crippen molar-refractivity contribution in [3.05, 3.63) is 145 Å². The summed E-state index contributed by atoms with van der Waals surface area (Å²) in [6.07, 6.45) is 17.3. The molecule has 8 aromatic rings. The van der Waals surface area contributed by atoms with Gasteiger partial charge in [-0.2, -0.15) is 0 Å². The molecule has 17 heteroatoms. The van der Waals surface area contributed by atoms with Crippen molar-refractivity contribution in [3.63, 3.8) is 0 Å². The Morgan fingerprint density at radius 3 is 1.48 bits per heavy atom. The number of nitrogens with zero attached hydrogens (tertiary/aromatic N) is 12. The SMILES string of the molecule is COCN1c2cc(Cn3ccnc3-c3cccnc3C(=O)c3ncccc3-c3nccn3Cc3ccc4c(c3)N(COC)c3nccnc3S4)ccc2Sc2nccnc21. The molecule has 2 aliphatic heterocycles. The number of ketones is 1. The van der Waals surface area contributed by atoms with Crippen molar-refractivity contribution in [2.45, 2.75) is 32.9 Å². The third-order valence-corrected chi connectivity index (χ3v) is 12.1. The summed E-state index contributed by atoms with van der Waals surface area (Å²) in [5.41, 5.74) is 5.66. The molecule has 10 rings (SSSR count). The summed E-state index contributed by atoms with van der Waals surface area (Å²) in [7, 11) is 3.33. The maximum absolute atomic E-state index is 14.7. The number of ether oxygens (including phenoxy) is 2. The molecule has 0 N–H and O–H groups in total. The first kappa shape index (κ1) is 37.5. The number of benzene rings is 2. The summed E-state index contributed by atoms with van der Waals surface area (Å²) >= 11 is 3.16. The van der Waals surface area contributed by atoms with Crippen molar-refractivity contribution >= 4 is 52.3 Å². The molecule has 60 heavy (non-hydrogen) atoms. The average molecular weight is 831 g/mol. The van der Waals surface area contributed by atoms with E-state index in [0.29, 0.717) is 49.3 Å². The van der Waals surface area contributed by atoms with Gasteiger partial charge in [0.1, 0.15) is 46.6 Å². The van der Waals surface area contributed by atoms with Crippen LogP contribution in [0.2, 0.25) is 0 Å². The van der Waals surface area contributed by atoms with Crippen molar-refractivity contribution in [1.29, 1.82) is 0 Å². The summed E-state index contributed by atoms with van der Waals surface area (Å²) in [5, 5.41) is 1.65. The zero-order valence-corrected chi connectivity index (χ0v) is 33.9. The van der Waals surface area contributed by atoms with Gasteiger partial charge in [0.15, 0.2) is 11.6 Å². The van der Waals surface area contributed by atoms with E-state index in [4.69, 9.17) is 19.4 Å². The molecule has 0 bridgehead atoms. The molecule has 0 amide bonds. The van der Waals surface area contributed by atoms with Crippen molar-refractivity contribution in [3.8, 4) is 22.8 Å². The van der Waals surface area contributed by atoms with Crippen LogP contribution in [0.1, 0.15) is 27.3 Å². The number of methoxy groups -OCH3 is 2. The summed E-state index contributed by atoms with van der Waals surface area (Å²) in [6.45, 7) is 1.62. The second-order valence-corrected chi connectivity index (χ2v) is 15.8. The normalized spacial score (nSPS) is 12.8. The maximum Gasteiger partial charge on any atom is 0.231 e. The molecule has 8 heterocycles. The van der Waals surface area contributed by atoms with E-state index in [0.717, 1.165) is 54.0 Å². The van der Waals surface area contributed by atoms with E-state index >= 15 is 0 Å². The molecule has 296 valence electrons. The maximum atomic E-state index is 14.7. The topological polar surface area (TPSA) is 155 Å². The zero-order valence-electron chi connectivity index (χ0n) is 32.3. The van der Waals surface area contributed by atoms with Gasteiger partial charge in [-0.05, 0) is 59.7 Å². The van der Waals surface area contributed by atoms with E-state index in [9.17, 15) is 4.79 Å². The number of hydrogen-bond acceptors (Lipinski definition) is 15. The first-order valence-corrected chi connectivity index (χ1v) is 20.5. The second kappa shape index (κ2) is 16.1. The van der Waals surface area contributed by atoms with Crippen LogP contribution in [0.15, 0.2) is 142 Å². The highest BCUT2D eigenvalue weighted by Crippen LogP contribution is 2.47. The van der Waals surface area contributed by atoms with Crippen LogP contribution in [-0.2, 0) is 22.6 Å². The number of aromatic nitrogens is 10. The number of carbonyl (C=O) groups is 1. The van der Waals surface area contributed by atoms with Crippen LogP contribution in [0.25, 0.3) is 22.8 Å². The molecule has 0 spiro atoms. The minimum Gasteiger partial charge on any atom is -0.364 e. The molecule has 0 fully saturated rings. The minimum absolute atomic E-state index is 0.236. The number of rotatable bonds is 12. The lowest BCUT2D eigenvalue weighted by Crippen LogP contribution is -2.24. The Morgan fingerprint density at radius 2 is 1.02 bits per heavy atom. The fourth-order valence-electron chi connectivity index (χ4n) is 7.42. The predicted octanol–water partition coefficient (Wildman–Crippen LogP) is 7.52. The Morgan fingerprint density at radius 1 is 0.550 bits per heavy atom. The lowest BCUT2D eigenvalue weighted by atomic mass is 10.0. The largest absolute Gasteiger partial charge is 0.364 e. The summed E-state index contributed by atoms with van der Waals surface area (Å²) in [5.74, 6) is 2.36. The van der Waals surface area contributed by atoms with Crippen LogP contribution in [0, 0.1) is 0 Å². The molecule has 0 aliphatic carbocycles. The van der Waals surface area contributed by atoms with Crippen molar-refractivity contribution in [2.24, 2.45) is 0 Å². The molecule has 2 aliphatic rings. The number of imidazole rings is 2. The van der Waals surface area contributed by atoms with Gasteiger partial charge in [-0.15, -0.1) is 0 Å². The molecule has 0 radical (unpaired) electrons. The third kappa shape index (κ3) is 6.86. The Hall–Kier alpha value is -6.79. The summed E-state index contributed by atoms with van der Waals surface area (Å²) in [6, 6.07) is 20.0. The van der Waals surface area contributed by atoms with Gasteiger partial charge >= 0.3 is 0 Å². The Balaban J connectivity index is 0.939. The van der Waals surface area contributed by atoms with E-state index in [1.54, 1.807) is 87.3 Å². The Bertz CT molecular complexity index is 2710. The van der Waals surface area contributed by atoms with Gasteiger partial charge in [0.25, 0.3) is 0 Å². The van der Waals surface area contributed by atoms with Gasteiger partial charge in [-0.25, -0.2) is 29.9 Å². The highest BCUT2D eigenvalue weighted by atomic mass is 32.2. The van der Waals surface area contributed by atoms with Crippen LogP contribution < -0.4 is 9.80 Å². The van der Waals surface area contributed by atoms with Crippen LogP contribution in [0.5, 0.6) is 0 Å². The second-order valence-electron chi connectivity index (χ2n) is 13.8. The van der Waals surface area contributed by atoms with E-state index in [1.165, 1.54) is 0 Å². The fraction of sp³-hybridized carbons (Fsp3) is 0.140. The lowest BCUT2D eigenvalue weighted by Gasteiger charge is -2.30. The molecule has 0 atom stereocenters. The van der Waals surface area contributed by atoms with Crippen molar-refractivity contribution in [1.82, 2.24) is 49.0 Å². The highest BCUT2D eigenvalue weighted by Gasteiger charge is 2.29. The van der Waals surface area contributed by atoms with Crippen LogP contribution >= 0.6 is 23.5 Å². The Labute approximate surface area is 352 Å². The lowest BCUT2D eigenvalue weighted by molar-refractivity contribution is 0.103. The number of anilines is 4. The first-order chi connectivity index (χ1) is 29.6. The summed E-state index contributed by atoms with van der Waals surface area (Å²) < 4.78 is 15.2. The van der Waals surface area contributed by atoms with Crippen molar-refractivity contribution < 1.29 is 14.3 Å². The fourth-order valence-corrected chi connectivity index (χ4v) is 9.40. The summed E-state index contributed by atoms with van der Waals surface area (Å²) in [4.78, 5) is 57.8. The van der Waals surface area contributed by atoms with Crippen LogP contribution in [0.4, 0.5) is 23.0 Å². The number of pyridine rings is 2. The van der Waals surface area contributed by atoms with Gasteiger partial charge in [0, 0.05) is 110 Å².